The Balaban J connectivity index is 2.84. The highest BCUT2D eigenvalue weighted by molar-refractivity contribution is 5.85. The van der Waals surface area contributed by atoms with E-state index in [2.05, 4.69) is 0 Å². The van der Waals surface area contributed by atoms with Crippen molar-refractivity contribution in [2.45, 2.75) is 32.2 Å². The Labute approximate surface area is 85.9 Å². The number of hydrogen-bond acceptors (Lipinski definition) is 2. The second-order valence-electron chi connectivity index (χ2n) is 3.73. The molecule has 1 rings (SSSR count). The second kappa shape index (κ2) is 4.55. The zero-order chi connectivity index (χ0) is 11.6. The summed E-state index contributed by atoms with van der Waals surface area (Å²) in [4.78, 5) is 22.7. The van der Waals surface area contributed by atoms with E-state index < -0.39 is 24.3 Å². The number of amides is 1. The van der Waals surface area contributed by atoms with Crippen molar-refractivity contribution in [2.75, 3.05) is 6.54 Å². The molecule has 1 fully saturated rings. The second-order valence-corrected chi connectivity index (χ2v) is 3.73. The predicted octanol–water partition coefficient (Wildman–Crippen LogP) is 0.963. The average Bonchev–Trinajstić information content (AvgIpc) is 2.15. The molecule has 1 saturated heterocycles. The van der Waals surface area contributed by atoms with Crippen molar-refractivity contribution in [1.29, 1.82) is 0 Å². The minimum Gasteiger partial charge on any atom is -0.480 e. The molecule has 1 amide bonds. The van der Waals surface area contributed by atoms with Crippen LogP contribution in [0.4, 0.5) is 8.78 Å². The van der Waals surface area contributed by atoms with Crippen molar-refractivity contribution in [3.05, 3.63) is 0 Å². The number of carboxylic acid groups (broad SMARTS) is 1. The van der Waals surface area contributed by atoms with Crippen LogP contribution in [0.2, 0.25) is 0 Å². The largest absolute Gasteiger partial charge is 0.480 e. The minimum absolute atomic E-state index is 0.102. The van der Waals surface area contributed by atoms with Gasteiger partial charge in [-0.15, -0.1) is 0 Å². The van der Waals surface area contributed by atoms with E-state index in [1.54, 1.807) is 6.92 Å². The zero-order valence-electron chi connectivity index (χ0n) is 8.32. The van der Waals surface area contributed by atoms with Crippen LogP contribution in [0.1, 0.15) is 19.8 Å². The van der Waals surface area contributed by atoms with Gasteiger partial charge in [0.05, 0.1) is 0 Å². The summed E-state index contributed by atoms with van der Waals surface area (Å²) in [7, 11) is 0. The number of aliphatic carboxylic acids is 1. The average molecular weight is 221 g/mol. The number of nitrogens with zero attached hydrogens (tertiary/aromatic N) is 1. The lowest BCUT2D eigenvalue weighted by Gasteiger charge is -2.36. The van der Waals surface area contributed by atoms with Gasteiger partial charge in [-0.2, -0.15) is 8.78 Å². The van der Waals surface area contributed by atoms with Crippen molar-refractivity contribution in [1.82, 2.24) is 4.90 Å². The third-order valence-electron chi connectivity index (χ3n) is 2.66. The molecule has 0 aromatic carbocycles. The summed E-state index contributed by atoms with van der Waals surface area (Å²) in [6, 6.07) is -1.11. The molecule has 1 heterocycles. The smallest absolute Gasteiger partial charge is 0.326 e. The van der Waals surface area contributed by atoms with Gasteiger partial charge in [0.15, 0.2) is 0 Å². The maximum absolute atomic E-state index is 12.2. The highest BCUT2D eigenvalue weighted by Crippen LogP contribution is 2.24. The first kappa shape index (κ1) is 11.9. The van der Waals surface area contributed by atoms with E-state index in [0.717, 1.165) is 4.90 Å². The number of hydrogen-bond donors (Lipinski definition) is 1. The van der Waals surface area contributed by atoms with E-state index in [9.17, 15) is 18.4 Å². The Morgan fingerprint density at radius 3 is 2.53 bits per heavy atom. The molecule has 86 valence electrons. The van der Waals surface area contributed by atoms with E-state index in [1.807, 2.05) is 0 Å². The molecule has 0 bridgehead atoms. The van der Waals surface area contributed by atoms with Gasteiger partial charge in [-0.25, -0.2) is 4.79 Å². The number of likely N-dealkylation sites (tertiary alicyclic amines) is 1. The van der Waals surface area contributed by atoms with E-state index in [1.165, 1.54) is 0 Å². The standard InChI is InChI=1S/C9H13F2NO3/c1-5-3-2-4-12(6(5)9(14)15)8(13)7(10)11/h5-7H,2-4H2,1H3,(H,14,15). The van der Waals surface area contributed by atoms with Crippen molar-refractivity contribution in [3.63, 3.8) is 0 Å². The van der Waals surface area contributed by atoms with Gasteiger partial charge in [0.2, 0.25) is 0 Å². The summed E-state index contributed by atoms with van der Waals surface area (Å²) in [5, 5.41) is 8.87. The summed E-state index contributed by atoms with van der Waals surface area (Å²) >= 11 is 0. The molecule has 0 spiro atoms. The highest BCUT2D eigenvalue weighted by atomic mass is 19.3. The molecule has 1 aliphatic rings. The molecule has 15 heavy (non-hydrogen) atoms. The molecule has 2 unspecified atom stereocenters. The lowest BCUT2D eigenvalue weighted by molar-refractivity contribution is -0.160. The summed E-state index contributed by atoms with van der Waals surface area (Å²) in [5.74, 6) is -2.87. The van der Waals surface area contributed by atoms with Crippen LogP contribution in [0.15, 0.2) is 0 Å². The number of piperidine rings is 1. The molecule has 4 nitrogen and oxygen atoms in total. The Morgan fingerprint density at radius 2 is 2.07 bits per heavy atom. The first-order chi connectivity index (χ1) is 6.95. The number of alkyl halides is 2. The lowest BCUT2D eigenvalue weighted by atomic mass is 9.91. The predicted molar refractivity (Wildman–Crippen MR) is 47.5 cm³/mol. The van der Waals surface area contributed by atoms with Crippen LogP contribution >= 0.6 is 0 Å². The molecular formula is C9H13F2NO3. The summed E-state index contributed by atoms with van der Waals surface area (Å²) in [6.07, 6.45) is -1.91. The third kappa shape index (κ3) is 2.43. The molecule has 0 aromatic rings. The molecule has 2 atom stereocenters. The van der Waals surface area contributed by atoms with Crippen LogP contribution in [-0.4, -0.2) is 40.9 Å². The summed E-state index contributed by atoms with van der Waals surface area (Å²) in [5.41, 5.74) is 0. The molecule has 6 heteroatoms. The van der Waals surface area contributed by atoms with Gasteiger partial charge in [-0.1, -0.05) is 6.92 Å². The Hall–Kier alpha value is -1.20. The van der Waals surface area contributed by atoms with Crippen LogP contribution in [0, 0.1) is 5.92 Å². The van der Waals surface area contributed by atoms with Crippen LogP contribution in [0.5, 0.6) is 0 Å². The zero-order valence-corrected chi connectivity index (χ0v) is 8.32. The van der Waals surface area contributed by atoms with Crippen LogP contribution in [0.3, 0.4) is 0 Å². The fraction of sp³-hybridized carbons (Fsp3) is 0.778. The van der Waals surface area contributed by atoms with Gasteiger partial charge in [0.1, 0.15) is 6.04 Å². The molecule has 0 aliphatic carbocycles. The number of rotatable bonds is 2. The van der Waals surface area contributed by atoms with E-state index in [4.69, 9.17) is 5.11 Å². The molecule has 1 N–H and O–H groups in total. The van der Waals surface area contributed by atoms with Crippen molar-refractivity contribution in [2.24, 2.45) is 5.92 Å². The third-order valence-corrected chi connectivity index (χ3v) is 2.66. The Kier molecular flexibility index (Phi) is 3.60. The van der Waals surface area contributed by atoms with Gasteiger partial charge in [0.25, 0.3) is 5.91 Å². The lowest BCUT2D eigenvalue weighted by Crippen LogP contribution is -2.53. The van der Waals surface area contributed by atoms with Crippen LogP contribution in [-0.2, 0) is 9.59 Å². The van der Waals surface area contributed by atoms with Gasteiger partial charge < -0.3 is 10.0 Å². The van der Waals surface area contributed by atoms with Crippen molar-refractivity contribution < 1.29 is 23.5 Å². The molecule has 1 aliphatic heterocycles. The fourth-order valence-electron chi connectivity index (χ4n) is 1.94. The maximum atomic E-state index is 12.2. The molecule has 0 aromatic heterocycles. The van der Waals surface area contributed by atoms with E-state index in [-0.39, 0.29) is 12.5 Å². The monoisotopic (exact) mass is 221 g/mol. The topological polar surface area (TPSA) is 57.6 Å². The Bertz CT molecular complexity index is 270. The quantitative estimate of drug-likeness (QED) is 0.755. The molecular weight excluding hydrogens is 208 g/mol. The number of carboxylic acids is 1. The number of carbonyl (C=O) groups excluding carboxylic acids is 1. The normalized spacial score (nSPS) is 26.8. The van der Waals surface area contributed by atoms with Crippen molar-refractivity contribution >= 4 is 11.9 Å². The summed E-state index contributed by atoms with van der Waals surface area (Å²) in [6.45, 7) is 1.76. The first-order valence-corrected chi connectivity index (χ1v) is 4.76. The fourth-order valence-corrected chi connectivity index (χ4v) is 1.94. The van der Waals surface area contributed by atoms with E-state index in [0.29, 0.717) is 12.8 Å². The first-order valence-electron chi connectivity index (χ1n) is 4.76. The number of carbonyl (C=O) groups is 2. The molecule has 0 saturated carbocycles. The maximum Gasteiger partial charge on any atom is 0.326 e. The van der Waals surface area contributed by atoms with E-state index >= 15 is 0 Å². The van der Waals surface area contributed by atoms with Gasteiger partial charge in [0, 0.05) is 6.54 Å². The van der Waals surface area contributed by atoms with Crippen LogP contribution < -0.4 is 0 Å². The van der Waals surface area contributed by atoms with Crippen LogP contribution in [0.25, 0.3) is 0 Å². The minimum atomic E-state index is -3.13. The SMILES string of the molecule is CC1CCCN(C(=O)C(F)F)C1C(=O)O. The van der Waals surface area contributed by atoms with Crippen molar-refractivity contribution in [3.8, 4) is 0 Å². The molecule has 0 radical (unpaired) electrons. The highest BCUT2D eigenvalue weighted by Gasteiger charge is 2.39. The Morgan fingerprint density at radius 1 is 1.47 bits per heavy atom. The van der Waals surface area contributed by atoms with Gasteiger partial charge in [-0.3, -0.25) is 4.79 Å². The van der Waals surface area contributed by atoms with Gasteiger partial charge >= 0.3 is 12.4 Å². The van der Waals surface area contributed by atoms with Gasteiger partial charge in [-0.05, 0) is 18.8 Å². The summed E-state index contributed by atoms with van der Waals surface area (Å²) < 4.78 is 24.4. The number of halogens is 2.